The van der Waals surface area contributed by atoms with Crippen LogP contribution in [0.2, 0.25) is 10.0 Å². The third kappa shape index (κ3) is 3.89. The van der Waals surface area contributed by atoms with Gasteiger partial charge in [-0.2, -0.15) is 0 Å². The Morgan fingerprint density at radius 3 is 2.80 bits per heavy atom. The first kappa shape index (κ1) is 21.4. The first-order chi connectivity index (χ1) is 14.3. The highest BCUT2D eigenvalue weighted by Crippen LogP contribution is 2.37. The summed E-state index contributed by atoms with van der Waals surface area (Å²) in [5.74, 6) is -0.146. The molecule has 8 heteroatoms. The van der Waals surface area contributed by atoms with E-state index in [0.717, 1.165) is 0 Å². The summed E-state index contributed by atoms with van der Waals surface area (Å²) in [6, 6.07) is 9.70. The van der Waals surface area contributed by atoms with E-state index in [4.69, 9.17) is 27.9 Å². The number of hydrogen-bond acceptors (Lipinski definition) is 4. The Morgan fingerprint density at radius 1 is 1.27 bits per heavy atom. The second-order valence-electron chi connectivity index (χ2n) is 7.90. The number of rotatable bonds is 3. The summed E-state index contributed by atoms with van der Waals surface area (Å²) < 4.78 is 18.7. The molecule has 0 aliphatic carbocycles. The van der Waals surface area contributed by atoms with E-state index < -0.39 is 11.4 Å². The third-order valence-electron chi connectivity index (χ3n) is 6.12. The van der Waals surface area contributed by atoms with Crippen LogP contribution >= 0.6 is 23.2 Å². The highest BCUT2D eigenvalue weighted by molar-refractivity contribution is 6.35. The van der Waals surface area contributed by atoms with Crippen LogP contribution in [0, 0.1) is 5.82 Å². The standard InChI is InChI=1S/C22H23Cl2FN2O3/c1-30-19-4-2-3-16(20(19)24)21(28)26-9-10-27-13-22(29,8-7-15(27)12-26)14-5-6-18(25)17(23)11-14/h2-6,11,15,29H,7-10,12-13H2,1H3/t15-,22-/m1/s1. The zero-order valence-electron chi connectivity index (χ0n) is 16.6. The van der Waals surface area contributed by atoms with E-state index in [9.17, 15) is 14.3 Å². The van der Waals surface area contributed by atoms with Gasteiger partial charge in [0.05, 0.1) is 22.7 Å². The summed E-state index contributed by atoms with van der Waals surface area (Å²) in [7, 11) is 1.52. The molecule has 0 bridgehead atoms. The molecule has 2 aliphatic rings. The summed E-state index contributed by atoms with van der Waals surface area (Å²) >= 11 is 12.3. The number of halogens is 3. The van der Waals surface area contributed by atoms with Gasteiger partial charge in [-0.15, -0.1) is 0 Å². The van der Waals surface area contributed by atoms with Crippen molar-refractivity contribution in [2.75, 3.05) is 33.3 Å². The fraction of sp³-hybridized carbons (Fsp3) is 0.409. The number of piperidine rings is 1. The maximum Gasteiger partial charge on any atom is 0.255 e. The molecule has 2 aliphatic heterocycles. The minimum atomic E-state index is -1.09. The number of fused-ring (bicyclic) bond motifs is 1. The molecule has 2 fully saturated rings. The minimum Gasteiger partial charge on any atom is -0.495 e. The maximum absolute atomic E-state index is 13.5. The number of aliphatic hydroxyl groups is 1. The lowest BCUT2D eigenvalue weighted by molar-refractivity contribution is -0.0740. The largest absolute Gasteiger partial charge is 0.495 e. The van der Waals surface area contributed by atoms with Crippen LogP contribution < -0.4 is 4.74 Å². The highest BCUT2D eigenvalue weighted by atomic mass is 35.5. The lowest BCUT2D eigenvalue weighted by Crippen LogP contribution is -2.60. The van der Waals surface area contributed by atoms with Gasteiger partial charge in [0.1, 0.15) is 17.2 Å². The molecule has 2 atom stereocenters. The van der Waals surface area contributed by atoms with Gasteiger partial charge < -0.3 is 14.7 Å². The fourth-order valence-electron chi connectivity index (χ4n) is 4.40. The first-order valence-corrected chi connectivity index (χ1v) is 10.6. The quantitative estimate of drug-likeness (QED) is 0.765. The maximum atomic E-state index is 13.5. The predicted octanol–water partition coefficient (Wildman–Crippen LogP) is 3.95. The van der Waals surface area contributed by atoms with Gasteiger partial charge in [0.15, 0.2) is 0 Å². The van der Waals surface area contributed by atoms with Crippen molar-refractivity contribution in [3.8, 4) is 5.75 Å². The Balaban J connectivity index is 1.47. The van der Waals surface area contributed by atoms with Gasteiger partial charge in [0, 0.05) is 32.2 Å². The average molecular weight is 453 g/mol. The summed E-state index contributed by atoms with van der Waals surface area (Å²) in [4.78, 5) is 17.0. The van der Waals surface area contributed by atoms with Crippen molar-refractivity contribution in [3.05, 3.63) is 63.4 Å². The number of nitrogens with zero attached hydrogens (tertiary/aromatic N) is 2. The molecule has 5 nitrogen and oxygen atoms in total. The van der Waals surface area contributed by atoms with Crippen LogP contribution in [0.15, 0.2) is 36.4 Å². The molecule has 0 spiro atoms. The van der Waals surface area contributed by atoms with Crippen molar-refractivity contribution in [3.63, 3.8) is 0 Å². The Kier molecular flexibility index (Phi) is 5.95. The second-order valence-corrected chi connectivity index (χ2v) is 8.68. The van der Waals surface area contributed by atoms with Crippen LogP contribution in [0.3, 0.4) is 0 Å². The second kappa shape index (κ2) is 8.35. The van der Waals surface area contributed by atoms with E-state index >= 15 is 0 Å². The molecule has 2 aromatic carbocycles. The smallest absolute Gasteiger partial charge is 0.255 e. The van der Waals surface area contributed by atoms with Gasteiger partial charge in [-0.25, -0.2) is 4.39 Å². The molecule has 2 saturated heterocycles. The van der Waals surface area contributed by atoms with Gasteiger partial charge >= 0.3 is 0 Å². The number of carbonyl (C=O) groups excluding carboxylic acids is 1. The zero-order chi connectivity index (χ0) is 21.5. The molecule has 0 radical (unpaired) electrons. The summed E-state index contributed by atoms with van der Waals surface area (Å²) in [6.07, 6.45) is 1.22. The lowest BCUT2D eigenvalue weighted by atomic mass is 9.82. The van der Waals surface area contributed by atoms with E-state index in [1.807, 2.05) is 0 Å². The van der Waals surface area contributed by atoms with E-state index in [0.29, 0.717) is 60.9 Å². The van der Waals surface area contributed by atoms with E-state index in [1.165, 1.54) is 19.2 Å². The van der Waals surface area contributed by atoms with Gasteiger partial charge in [0.2, 0.25) is 0 Å². The van der Waals surface area contributed by atoms with Crippen molar-refractivity contribution < 1.29 is 19.0 Å². The van der Waals surface area contributed by atoms with Crippen molar-refractivity contribution in [1.82, 2.24) is 9.80 Å². The van der Waals surface area contributed by atoms with Crippen LogP contribution in [0.1, 0.15) is 28.8 Å². The number of methoxy groups -OCH3 is 1. The van der Waals surface area contributed by atoms with Gasteiger partial charge in [0.25, 0.3) is 5.91 Å². The summed E-state index contributed by atoms with van der Waals surface area (Å²) in [6.45, 7) is 2.15. The van der Waals surface area contributed by atoms with Crippen molar-refractivity contribution in [2.45, 2.75) is 24.5 Å². The van der Waals surface area contributed by atoms with Crippen LogP contribution in [0.25, 0.3) is 0 Å². The van der Waals surface area contributed by atoms with E-state index in [2.05, 4.69) is 4.90 Å². The van der Waals surface area contributed by atoms with Gasteiger partial charge in [-0.1, -0.05) is 35.3 Å². The van der Waals surface area contributed by atoms with Crippen LogP contribution in [-0.4, -0.2) is 60.1 Å². The Morgan fingerprint density at radius 2 is 2.07 bits per heavy atom. The average Bonchev–Trinajstić information content (AvgIpc) is 2.75. The molecule has 0 saturated carbocycles. The van der Waals surface area contributed by atoms with Crippen molar-refractivity contribution in [2.24, 2.45) is 0 Å². The molecule has 2 heterocycles. The van der Waals surface area contributed by atoms with Crippen LogP contribution in [0.4, 0.5) is 4.39 Å². The summed E-state index contributed by atoms with van der Waals surface area (Å²) in [5, 5.41) is 11.5. The number of amides is 1. The molecule has 1 N–H and O–H groups in total. The van der Waals surface area contributed by atoms with Crippen LogP contribution in [0.5, 0.6) is 5.75 Å². The van der Waals surface area contributed by atoms with Crippen molar-refractivity contribution >= 4 is 29.1 Å². The minimum absolute atomic E-state index is 0.00799. The number of carbonyl (C=O) groups is 1. The Bertz CT molecular complexity index is 973. The van der Waals surface area contributed by atoms with Crippen molar-refractivity contribution in [1.29, 1.82) is 0 Å². The predicted molar refractivity (Wildman–Crippen MR) is 114 cm³/mol. The molecule has 0 aromatic heterocycles. The van der Waals surface area contributed by atoms with Crippen LogP contribution in [-0.2, 0) is 5.60 Å². The molecule has 0 unspecified atom stereocenters. The number of benzene rings is 2. The van der Waals surface area contributed by atoms with E-state index in [1.54, 1.807) is 29.2 Å². The third-order valence-corrected chi connectivity index (χ3v) is 6.80. The molecule has 160 valence electrons. The fourth-order valence-corrected chi connectivity index (χ4v) is 4.87. The Labute approximate surface area is 184 Å². The Hall–Kier alpha value is -1.86. The molecule has 30 heavy (non-hydrogen) atoms. The normalized spacial score (nSPS) is 24.4. The van der Waals surface area contributed by atoms with E-state index in [-0.39, 0.29) is 17.0 Å². The lowest BCUT2D eigenvalue weighted by Gasteiger charge is -2.49. The zero-order valence-corrected chi connectivity index (χ0v) is 18.1. The first-order valence-electron chi connectivity index (χ1n) is 9.86. The van der Waals surface area contributed by atoms with Gasteiger partial charge in [-0.3, -0.25) is 9.69 Å². The van der Waals surface area contributed by atoms with Gasteiger partial charge in [-0.05, 0) is 42.7 Å². The molecule has 1 amide bonds. The number of piperazine rings is 1. The highest BCUT2D eigenvalue weighted by Gasteiger charge is 2.42. The molecular formula is C22H23Cl2FN2O3. The molecule has 4 rings (SSSR count). The molecule has 2 aromatic rings. The molecular weight excluding hydrogens is 430 g/mol. The SMILES string of the molecule is COc1cccc(C(=O)N2CCN3C[C@@](O)(c4ccc(F)c(Cl)c4)CC[C@@H]3C2)c1Cl. The summed E-state index contributed by atoms with van der Waals surface area (Å²) in [5.41, 5.74) is -0.0393. The monoisotopic (exact) mass is 452 g/mol. The number of ether oxygens (including phenoxy) is 1. The topological polar surface area (TPSA) is 53.0 Å². The number of hydrogen-bond donors (Lipinski definition) is 1.